The number of fused-ring (bicyclic) bond motifs is 1. The average molecular weight is 505 g/mol. The van der Waals surface area contributed by atoms with Gasteiger partial charge < -0.3 is 24.8 Å². The molecule has 3 aromatic rings. The van der Waals surface area contributed by atoms with Gasteiger partial charge in [-0.3, -0.25) is 0 Å². The molecule has 32 heavy (non-hydrogen) atoms. The van der Waals surface area contributed by atoms with Crippen LogP contribution in [0.15, 0.2) is 41.1 Å². The van der Waals surface area contributed by atoms with E-state index >= 15 is 0 Å². The minimum Gasteiger partial charge on any atom is -0.493 e. The van der Waals surface area contributed by atoms with Gasteiger partial charge in [0.05, 0.1) is 24.9 Å². The number of halogens is 2. The number of ether oxygens (including phenoxy) is 2. The molecular formula is C22H22BrFN4O4. The number of rotatable bonds is 6. The van der Waals surface area contributed by atoms with Gasteiger partial charge >= 0.3 is 6.09 Å². The number of amides is 1. The molecule has 0 spiro atoms. The van der Waals surface area contributed by atoms with Gasteiger partial charge in [0.25, 0.3) is 0 Å². The van der Waals surface area contributed by atoms with Crippen LogP contribution in [0.4, 0.5) is 20.7 Å². The Kier molecular flexibility index (Phi) is 6.59. The van der Waals surface area contributed by atoms with Gasteiger partial charge in [0.15, 0.2) is 11.5 Å². The molecule has 0 radical (unpaired) electrons. The van der Waals surface area contributed by atoms with Crippen molar-refractivity contribution in [3.63, 3.8) is 0 Å². The molecule has 1 amide bonds. The van der Waals surface area contributed by atoms with Crippen LogP contribution in [0, 0.1) is 11.7 Å². The fourth-order valence-electron chi connectivity index (χ4n) is 3.65. The number of carbonyl (C=O) groups is 1. The molecule has 1 fully saturated rings. The molecule has 8 nitrogen and oxygen atoms in total. The summed E-state index contributed by atoms with van der Waals surface area (Å²) in [6, 6.07) is 8.27. The molecule has 1 aliphatic rings. The Morgan fingerprint density at radius 3 is 2.72 bits per heavy atom. The Morgan fingerprint density at radius 2 is 2.03 bits per heavy atom. The first-order valence-corrected chi connectivity index (χ1v) is 10.9. The summed E-state index contributed by atoms with van der Waals surface area (Å²) in [4.78, 5) is 21.1. The van der Waals surface area contributed by atoms with Gasteiger partial charge in [-0.2, -0.15) is 0 Å². The highest BCUT2D eigenvalue weighted by Crippen LogP contribution is 2.35. The summed E-state index contributed by atoms with van der Waals surface area (Å²) in [7, 11) is 1.55. The van der Waals surface area contributed by atoms with Crippen LogP contribution in [-0.4, -0.2) is 52.9 Å². The summed E-state index contributed by atoms with van der Waals surface area (Å²) >= 11 is 3.25. The minimum absolute atomic E-state index is 0.258. The first-order chi connectivity index (χ1) is 15.4. The minimum atomic E-state index is -0.882. The zero-order chi connectivity index (χ0) is 22.7. The maximum Gasteiger partial charge on any atom is 0.407 e. The zero-order valence-electron chi connectivity index (χ0n) is 17.3. The number of benzene rings is 2. The third kappa shape index (κ3) is 4.85. The SMILES string of the molecule is COc1cc2c(Nc3ccc(Br)cc3F)ncnc2cc1OCC1CCN(C(=O)O)CC1. The molecule has 0 atom stereocenters. The van der Waals surface area contributed by atoms with Crippen molar-refractivity contribution in [2.45, 2.75) is 12.8 Å². The fraction of sp³-hybridized carbons (Fsp3) is 0.318. The number of methoxy groups -OCH3 is 1. The largest absolute Gasteiger partial charge is 0.493 e. The predicted octanol–water partition coefficient (Wildman–Crippen LogP) is 5.05. The lowest BCUT2D eigenvalue weighted by atomic mass is 9.98. The third-order valence-corrected chi connectivity index (χ3v) is 5.96. The van der Waals surface area contributed by atoms with Gasteiger partial charge in [0.1, 0.15) is 18.0 Å². The number of nitrogens with one attached hydrogen (secondary N) is 1. The Labute approximate surface area is 192 Å². The van der Waals surface area contributed by atoms with E-state index in [0.717, 1.165) is 12.8 Å². The second-order valence-electron chi connectivity index (χ2n) is 7.52. The molecule has 0 unspecified atom stereocenters. The van der Waals surface area contributed by atoms with Crippen molar-refractivity contribution >= 4 is 44.4 Å². The lowest BCUT2D eigenvalue weighted by Crippen LogP contribution is -2.38. The first kappa shape index (κ1) is 22.1. The van der Waals surface area contributed by atoms with Crippen LogP contribution < -0.4 is 14.8 Å². The molecule has 2 aromatic carbocycles. The molecule has 0 aliphatic carbocycles. The van der Waals surface area contributed by atoms with Crippen LogP contribution >= 0.6 is 15.9 Å². The number of nitrogens with zero attached hydrogens (tertiary/aromatic N) is 3. The van der Waals surface area contributed by atoms with Gasteiger partial charge in [-0.25, -0.2) is 19.2 Å². The van der Waals surface area contributed by atoms with E-state index in [4.69, 9.17) is 14.6 Å². The molecule has 168 valence electrons. The highest BCUT2D eigenvalue weighted by atomic mass is 79.9. The quantitative estimate of drug-likeness (QED) is 0.484. The summed E-state index contributed by atoms with van der Waals surface area (Å²) in [5, 5.41) is 12.8. The molecule has 2 N–H and O–H groups in total. The van der Waals surface area contributed by atoms with Crippen molar-refractivity contribution in [3.8, 4) is 11.5 Å². The van der Waals surface area contributed by atoms with E-state index in [2.05, 4.69) is 31.2 Å². The number of hydrogen-bond donors (Lipinski definition) is 2. The van der Waals surface area contributed by atoms with E-state index in [1.165, 1.54) is 17.3 Å². The number of aromatic nitrogens is 2. The van der Waals surface area contributed by atoms with Gasteiger partial charge in [-0.1, -0.05) is 15.9 Å². The van der Waals surface area contributed by atoms with Crippen LogP contribution in [-0.2, 0) is 0 Å². The molecular weight excluding hydrogens is 483 g/mol. The van der Waals surface area contributed by atoms with E-state index in [1.807, 2.05) is 0 Å². The summed E-state index contributed by atoms with van der Waals surface area (Å²) in [5.74, 6) is 1.35. The van der Waals surface area contributed by atoms with Crippen molar-refractivity contribution in [2.75, 3.05) is 32.1 Å². The summed E-state index contributed by atoms with van der Waals surface area (Å²) in [6.07, 6.45) is 2.01. The fourth-order valence-corrected chi connectivity index (χ4v) is 3.99. The molecule has 10 heteroatoms. The molecule has 1 aromatic heterocycles. The van der Waals surface area contributed by atoms with Crippen LogP contribution in [0.3, 0.4) is 0 Å². The van der Waals surface area contributed by atoms with Crippen molar-refractivity contribution < 1.29 is 23.8 Å². The Bertz CT molecular complexity index is 1140. The Hall–Kier alpha value is -3.14. The topological polar surface area (TPSA) is 96.8 Å². The van der Waals surface area contributed by atoms with Crippen molar-refractivity contribution in [1.82, 2.24) is 14.9 Å². The summed E-state index contributed by atoms with van der Waals surface area (Å²) in [6.45, 7) is 1.47. The van der Waals surface area contributed by atoms with E-state index in [0.29, 0.717) is 58.1 Å². The number of hydrogen-bond acceptors (Lipinski definition) is 6. The van der Waals surface area contributed by atoms with Crippen LogP contribution in [0.5, 0.6) is 11.5 Å². The lowest BCUT2D eigenvalue weighted by Gasteiger charge is -2.29. The van der Waals surface area contributed by atoms with E-state index < -0.39 is 11.9 Å². The Balaban J connectivity index is 1.53. The van der Waals surface area contributed by atoms with Gasteiger partial charge in [0, 0.05) is 29.0 Å². The van der Waals surface area contributed by atoms with Gasteiger partial charge in [-0.15, -0.1) is 0 Å². The second-order valence-corrected chi connectivity index (χ2v) is 8.43. The van der Waals surface area contributed by atoms with Crippen LogP contribution in [0.25, 0.3) is 10.9 Å². The summed E-state index contributed by atoms with van der Waals surface area (Å²) in [5.41, 5.74) is 0.914. The molecule has 0 saturated carbocycles. The van der Waals surface area contributed by atoms with Gasteiger partial charge in [-0.05, 0) is 43.0 Å². The number of carboxylic acid groups (broad SMARTS) is 1. The first-order valence-electron chi connectivity index (χ1n) is 10.1. The molecule has 4 rings (SSSR count). The summed E-state index contributed by atoms with van der Waals surface area (Å²) < 4.78 is 26.5. The maximum atomic E-state index is 14.3. The van der Waals surface area contributed by atoms with E-state index in [-0.39, 0.29) is 5.92 Å². The molecule has 1 aliphatic heterocycles. The van der Waals surface area contributed by atoms with Crippen molar-refractivity contribution in [3.05, 3.63) is 46.9 Å². The van der Waals surface area contributed by atoms with Crippen LogP contribution in [0.2, 0.25) is 0 Å². The van der Waals surface area contributed by atoms with Gasteiger partial charge in [0.2, 0.25) is 0 Å². The number of anilines is 2. The number of likely N-dealkylation sites (tertiary alicyclic amines) is 1. The lowest BCUT2D eigenvalue weighted by molar-refractivity contribution is 0.111. The third-order valence-electron chi connectivity index (χ3n) is 5.46. The Morgan fingerprint density at radius 1 is 1.25 bits per heavy atom. The van der Waals surface area contributed by atoms with Crippen LogP contribution in [0.1, 0.15) is 12.8 Å². The van der Waals surface area contributed by atoms with E-state index in [1.54, 1.807) is 31.4 Å². The zero-order valence-corrected chi connectivity index (χ0v) is 18.9. The maximum absolute atomic E-state index is 14.3. The molecule has 2 heterocycles. The van der Waals surface area contributed by atoms with Crippen molar-refractivity contribution in [2.24, 2.45) is 5.92 Å². The average Bonchev–Trinajstić information content (AvgIpc) is 2.79. The highest BCUT2D eigenvalue weighted by molar-refractivity contribution is 9.10. The second kappa shape index (κ2) is 9.56. The smallest absolute Gasteiger partial charge is 0.407 e. The highest BCUT2D eigenvalue weighted by Gasteiger charge is 2.23. The number of piperidine rings is 1. The predicted molar refractivity (Wildman–Crippen MR) is 121 cm³/mol. The monoisotopic (exact) mass is 504 g/mol. The standard InChI is InChI=1S/C22H22BrFN4O4/c1-31-19-9-15-18(10-20(19)32-11-13-4-6-28(7-5-13)22(29)30)25-12-26-21(15)27-17-3-2-14(23)8-16(17)24/h2-3,8-10,12-13H,4-7,11H2,1H3,(H,29,30)(H,25,26,27). The van der Waals surface area contributed by atoms with E-state index in [9.17, 15) is 9.18 Å². The normalized spacial score (nSPS) is 14.4. The molecule has 0 bridgehead atoms. The van der Waals surface area contributed by atoms with Crippen molar-refractivity contribution in [1.29, 1.82) is 0 Å². The molecule has 1 saturated heterocycles.